The van der Waals surface area contributed by atoms with Gasteiger partial charge in [0.2, 0.25) is 0 Å². The second kappa shape index (κ2) is 11.1. The van der Waals surface area contributed by atoms with Crippen molar-refractivity contribution in [1.29, 1.82) is 0 Å². The number of rotatable bonds is 10. The molecule has 32 heavy (non-hydrogen) atoms. The minimum absolute atomic E-state index is 0.0342. The lowest BCUT2D eigenvalue weighted by molar-refractivity contribution is -0.124. The van der Waals surface area contributed by atoms with Gasteiger partial charge in [-0.25, -0.2) is 8.78 Å². The summed E-state index contributed by atoms with van der Waals surface area (Å²) in [5.74, 6) is -0.900. The maximum absolute atomic E-state index is 14.5. The first-order valence-electron chi connectivity index (χ1n) is 9.14. The standard InChI is InChI=1S/C24H16F2O6/c25-22-14-20(31-11-9-29-15-27)6-7-21(22)18-3-1-17(2-4-18)19-5-8-24(23(26)13-19)32-12-10-30-16-28/h1-16H/b11-9-,12-10-. The maximum Gasteiger partial charge on any atom is 0.298 e. The molecule has 0 spiro atoms. The fraction of sp³-hybridized carbons (Fsp3) is 0. The van der Waals surface area contributed by atoms with Gasteiger partial charge in [0.1, 0.15) is 36.6 Å². The van der Waals surface area contributed by atoms with Crippen LogP contribution in [0.1, 0.15) is 0 Å². The first kappa shape index (κ1) is 22.2. The van der Waals surface area contributed by atoms with E-state index in [0.717, 1.165) is 30.6 Å². The van der Waals surface area contributed by atoms with Crippen molar-refractivity contribution in [3.05, 3.63) is 97.3 Å². The van der Waals surface area contributed by atoms with Crippen molar-refractivity contribution in [2.24, 2.45) is 0 Å². The van der Waals surface area contributed by atoms with E-state index in [0.29, 0.717) is 16.7 Å². The fourth-order valence-corrected chi connectivity index (χ4v) is 2.76. The van der Waals surface area contributed by atoms with E-state index in [-0.39, 0.29) is 24.4 Å². The van der Waals surface area contributed by atoms with Gasteiger partial charge in [-0.05, 0) is 41.0 Å². The molecule has 8 heteroatoms. The lowest BCUT2D eigenvalue weighted by atomic mass is 10.00. The van der Waals surface area contributed by atoms with Gasteiger partial charge in [-0.15, -0.1) is 0 Å². The molecule has 0 aromatic heterocycles. The van der Waals surface area contributed by atoms with Crippen molar-refractivity contribution in [3.8, 4) is 33.8 Å². The molecule has 0 bridgehead atoms. The lowest BCUT2D eigenvalue weighted by Crippen LogP contribution is -1.90. The van der Waals surface area contributed by atoms with Crippen molar-refractivity contribution < 1.29 is 37.3 Å². The summed E-state index contributed by atoms with van der Waals surface area (Å²) in [6, 6.07) is 15.7. The molecular weight excluding hydrogens is 422 g/mol. The number of ether oxygens (including phenoxy) is 4. The third kappa shape index (κ3) is 5.79. The van der Waals surface area contributed by atoms with E-state index in [1.54, 1.807) is 42.5 Å². The highest BCUT2D eigenvalue weighted by atomic mass is 19.1. The van der Waals surface area contributed by atoms with Gasteiger partial charge in [-0.1, -0.05) is 30.3 Å². The second-order valence-corrected chi connectivity index (χ2v) is 6.11. The van der Waals surface area contributed by atoms with E-state index in [4.69, 9.17) is 9.47 Å². The summed E-state index contributed by atoms with van der Waals surface area (Å²) in [4.78, 5) is 20.1. The van der Waals surface area contributed by atoms with Gasteiger partial charge < -0.3 is 18.9 Å². The van der Waals surface area contributed by atoms with Crippen LogP contribution in [0, 0.1) is 11.6 Å². The van der Waals surface area contributed by atoms with Crippen molar-refractivity contribution in [3.63, 3.8) is 0 Å². The summed E-state index contributed by atoms with van der Waals surface area (Å²) in [7, 11) is 0. The van der Waals surface area contributed by atoms with Gasteiger partial charge >= 0.3 is 0 Å². The Labute approximate surface area is 181 Å². The molecule has 0 heterocycles. The molecule has 0 radical (unpaired) electrons. The SMILES string of the molecule is O=CO/C=C\Oc1ccc(-c2ccc(-c3ccc(O/C=C\OC=O)c(F)c3)cc2)c(F)c1. The number of hydrogen-bond donors (Lipinski definition) is 0. The summed E-state index contributed by atoms with van der Waals surface area (Å²) in [6.07, 6.45) is 4.16. The molecule has 3 aromatic rings. The first-order chi connectivity index (χ1) is 15.6. The van der Waals surface area contributed by atoms with Crippen LogP contribution in [-0.4, -0.2) is 12.9 Å². The smallest absolute Gasteiger partial charge is 0.298 e. The highest BCUT2D eigenvalue weighted by Gasteiger charge is 2.09. The van der Waals surface area contributed by atoms with Gasteiger partial charge in [0.15, 0.2) is 11.6 Å². The van der Waals surface area contributed by atoms with E-state index in [1.807, 2.05) is 0 Å². The third-order valence-electron chi connectivity index (χ3n) is 4.18. The van der Waals surface area contributed by atoms with Crippen molar-refractivity contribution in [2.75, 3.05) is 0 Å². The average Bonchev–Trinajstić information content (AvgIpc) is 2.81. The molecule has 0 saturated heterocycles. The van der Waals surface area contributed by atoms with E-state index in [9.17, 15) is 18.4 Å². The molecule has 0 N–H and O–H groups in total. The fourth-order valence-electron chi connectivity index (χ4n) is 2.76. The highest BCUT2D eigenvalue weighted by Crippen LogP contribution is 2.30. The monoisotopic (exact) mass is 438 g/mol. The Bertz CT molecular complexity index is 1140. The quantitative estimate of drug-likeness (QED) is 0.314. The van der Waals surface area contributed by atoms with Gasteiger partial charge in [0.25, 0.3) is 12.9 Å². The largest absolute Gasteiger partial charge is 0.462 e. The molecule has 0 aliphatic rings. The van der Waals surface area contributed by atoms with E-state index < -0.39 is 11.6 Å². The number of halogens is 2. The zero-order valence-corrected chi connectivity index (χ0v) is 16.4. The van der Waals surface area contributed by atoms with Gasteiger partial charge in [0, 0.05) is 11.6 Å². The summed E-state index contributed by atoms with van der Waals surface area (Å²) in [6.45, 7) is 0.441. The van der Waals surface area contributed by atoms with E-state index in [2.05, 4.69) is 9.47 Å². The molecule has 3 rings (SSSR count). The summed E-state index contributed by atoms with van der Waals surface area (Å²) < 4.78 is 47.6. The van der Waals surface area contributed by atoms with E-state index in [1.165, 1.54) is 18.2 Å². The highest BCUT2D eigenvalue weighted by molar-refractivity contribution is 5.71. The lowest BCUT2D eigenvalue weighted by Gasteiger charge is -2.09. The van der Waals surface area contributed by atoms with Crippen LogP contribution in [-0.2, 0) is 19.1 Å². The molecule has 0 aliphatic carbocycles. The van der Waals surface area contributed by atoms with Gasteiger partial charge in [-0.3, -0.25) is 9.59 Å². The van der Waals surface area contributed by atoms with Crippen LogP contribution in [0.5, 0.6) is 11.5 Å². The van der Waals surface area contributed by atoms with Gasteiger partial charge in [-0.2, -0.15) is 0 Å². The Morgan fingerprint density at radius 3 is 1.84 bits per heavy atom. The number of carbonyl (C=O) groups is 2. The molecule has 0 atom stereocenters. The first-order valence-corrected chi connectivity index (χ1v) is 9.14. The van der Waals surface area contributed by atoms with Crippen molar-refractivity contribution >= 4 is 12.9 Å². The predicted octanol–water partition coefficient (Wildman–Crippen LogP) is 5.34. The van der Waals surface area contributed by atoms with Crippen LogP contribution in [0.3, 0.4) is 0 Å². The van der Waals surface area contributed by atoms with Crippen molar-refractivity contribution in [1.82, 2.24) is 0 Å². The minimum Gasteiger partial charge on any atom is -0.462 e. The summed E-state index contributed by atoms with van der Waals surface area (Å²) in [5, 5.41) is 0. The van der Waals surface area contributed by atoms with Crippen LogP contribution in [0.4, 0.5) is 8.78 Å². The molecule has 0 aliphatic heterocycles. The van der Waals surface area contributed by atoms with Crippen LogP contribution in [0.15, 0.2) is 85.7 Å². The molecule has 0 amide bonds. The van der Waals surface area contributed by atoms with Gasteiger partial charge in [0.05, 0.1) is 0 Å². The van der Waals surface area contributed by atoms with Crippen molar-refractivity contribution in [2.45, 2.75) is 0 Å². The topological polar surface area (TPSA) is 71.1 Å². The number of carbonyl (C=O) groups excluding carboxylic acids is 2. The van der Waals surface area contributed by atoms with Crippen LogP contribution < -0.4 is 9.47 Å². The number of benzene rings is 3. The summed E-state index contributed by atoms with van der Waals surface area (Å²) in [5.41, 5.74) is 2.30. The predicted molar refractivity (Wildman–Crippen MR) is 111 cm³/mol. The zero-order chi connectivity index (χ0) is 22.8. The molecule has 0 unspecified atom stereocenters. The molecule has 6 nitrogen and oxygen atoms in total. The van der Waals surface area contributed by atoms with Crippen LogP contribution >= 0.6 is 0 Å². The molecular formula is C24H16F2O6. The third-order valence-corrected chi connectivity index (χ3v) is 4.18. The zero-order valence-electron chi connectivity index (χ0n) is 16.4. The molecule has 162 valence electrons. The Kier molecular flexibility index (Phi) is 7.69. The second-order valence-electron chi connectivity index (χ2n) is 6.11. The molecule has 0 fully saturated rings. The van der Waals surface area contributed by atoms with E-state index >= 15 is 0 Å². The Hall–Kier alpha value is -4.46. The Morgan fingerprint density at radius 2 is 1.22 bits per heavy atom. The summed E-state index contributed by atoms with van der Waals surface area (Å²) >= 11 is 0. The normalized spacial score (nSPS) is 10.8. The van der Waals surface area contributed by atoms with Crippen LogP contribution in [0.2, 0.25) is 0 Å². The molecule has 3 aromatic carbocycles. The Morgan fingerprint density at radius 1 is 0.594 bits per heavy atom. The van der Waals surface area contributed by atoms with Crippen LogP contribution in [0.25, 0.3) is 22.3 Å². The Balaban J connectivity index is 1.73. The average molecular weight is 438 g/mol. The maximum atomic E-state index is 14.5. The molecule has 0 saturated carbocycles. The number of hydrogen-bond acceptors (Lipinski definition) is 6. The minimum atomic E-state index is -0.600.